The fourth-order valence-corrected chi connectivity index (χ4v) is 4.07. The van der Waals surface area contributed by atoms with Crippen LogP contribution in [0.4, 0.5) is 0 Å². The number of benzene rings is 2. The number of para-hydroxylation sites is 1. The Labute approximate surface area is 179 Å². The van der Waals surface area contributed by atoms with Gasteiger partial charge in [-0.15, -0.1) is 0 Å². The summed E-state index contributed by atoms with van der Waals surface area (Å²) < 4.78 is 15.4. The molecule has 1 atom stereocenters. The average molecular weight is 419 g/mol. The predicted molar refractivity (Wildman–Crippen MR) is 112 cm³/mol. The van der Waals surface area contributed by atoms with Gasteiger partial charge in [0.1, 0.15) is 5.75 Å². The number of fused-ring (bicyclic) bond motifs is 2. The van der Waals surface area contributed by atoms with Crippen LogP contribution in [-0.4, -0.2) is 38.5 Å². The maximum absolute atomic E-state index is 13.4. The van der Waals surface area contributed by atoms with Crippen molar-refractivity contribution in [2.75, 3.05) is 20.8 Å². The predicted octanol–water partition coefficient (Wildman–Crippen LogP) is 2.98. The van der Waals surface area contributed by atoms with E-state index in [0.717, 1.165) is 5.56 Å². The van der Waals surface area contributed by atoms with Crippen LogP contribution >= 0.6 is 0 Å². The van der Waals surface area contributed by atoms with Crippen LogP contribution in [0.5, 0.6) is 5.75 Å². The maximum Gasteiger partial charge on any atom is 0.343 e. The number of methoxy groups -OCH3 is 2. The Morgan fingerprint density at radius 1 is 0.968 bits per heavy atom. The molecule has 0 radical (unpaired) electrons. The summed E-state index contributed by atoms with van der Waals surface area (Å²) in [4.78, 5) is 37.8. The smallest absolute Gasteiger partial charge is 0.343 e. The third kappa shape index (κ3) is 3.38. The van der Waals surface area contributed by atoms with E-state index >= 15 is 0 Å². The molecule has 0 fully saturated rings. The molecule has 1 N–H and O–H groups in total. The second kappa shape index (κ2) is 8.10. The number of esters is 2. The Morgan fingerprint density at radius 3 is 2.35 bits per heavy atom. The quantitative estimate of drug-likeness (QED) is 0.745. The Hall–Kier alpha value is -3.87. The number of dihydropyridines is 1. The molecule has 0 aromatic heterocycles. The second-order valence-electron chi connectivity index (χ2n) is 7.15. The van der Waals surface area contributed by atoms with Crippen molar-refractivity contribution in [1.82, 2.24) is 5.32 Å². The summed E-state index contributed by atoms with van der Waals surface area (Å²) in [5, 5.41) is 3.23. The third-order valence-corrected chi connectivity index (χ3v) is 5.46. The highest BCUT2D eigenvalue weighted by molar-refractivity contribution is 6.23. The van der Waals surface area contributed by atoms with Gasteiger partial charge < -0.3 is 19.5 Å². The number of hydrogen-bond donors (Lipinski definition) is 1. The number of hydrogen-bond acceptors (Lipinski definition) is 7. The number of allylic oxidation sites excluding steroid dienone is 2. The summed E-state index contributed by atoms with van der Waals surface area (Å²) in [5.41, 5.74) is 3.95. The van der Waals surface area contributed by atoms with E-state index in [1.165, 1.54) is 14.2 Å². The molecule has 0 saturated carbocycles. The van der Waals surface area contributed by atoms with Gasteiger partial charge in [-0.25, -0.2) is 9.59 Å². The minimum atomic E-state index is -0.725. The Balaban J connectivity index is 1.89. The molecular formula is C24H21NO6. The topological polar surface area (TPSA) is 90.9 Å². The molecule has 0 unspecified atom stereocenters. The highest BCUT2D eigenvalue weighted by Crippen LogP contribution is 2.48. The van der Waals surface area contributed by atoms with Gasteiger partial charge >= 0.3 is 11.9 Å². The molecule has 7 nitrogen and oxygen atoms in total. The first kappa shape index (κ1) is 20.4. The summed E-state index contributed by atoms with van der Waals surface area (Å²) in [7, 11) is 2.58. The number of Topliss-reactive ketones (excluding diaryl/α,β-unsaturated/α-hetero) is 1. The first-order chi connectivity index (χ1) is 15.0. The van der Waals surface area contributed by atoms with Crippen molar-refractivity contribution in [2.45, 2.75) is 12.8 Å². The maximum atomic E-state index is 13.4. The van der Waals surface area contributed by atoms with Crippen molar-refractivity contribution >= 4 is 23.4 Å². The lowest BCUT2D eigenvalue weighted by molar-refractivity contribution is -0.143. The fraction of sp³-hybridized carbons (Fsp3) is 0.208. The van der Waals surface area contributed by atoms with Crippen LogP contribution in [0, 0.1) is 0 Å². The Kier molecular flexibility index (Phi) is 5.33. The summed E-state index contributed by atoms with van der Waals surface area (Å²) >= 11 is 0. The van der Waals surface area contributed by atoms with Gasteiger partial charge in [0.2, 0.25) is 0 Å². The average Bonchev–Trinajstić information content (AvgIpc) is 3.08. The Bertz CT molecular complexity index is 1160. The SMILES string of the molecule is COC(=O)COc1ccccc1[C@@H]1C(C(=O)OC)=C(C)NC2=C1C(=O)c1ccccc12. The van der Waals surface area contributed by atoms with Gasteiger partial charge in [-0.3, -0.25) is 4.79 Å². The molecular weight excluding hydrogens is 398 g/mol. The van der Waals surface area contributed by atoms with Crippen LogP contribution in [0.3, 0.4) is 0 Å². The number of rotatable bonds is 5. The van der Waals surface area contributed by atoms with E-state index in [1.54, 1.807) is 43.3 Å². The van der Waals surface area contributed by atoms with Crippen molar-refractivity contribution in [2.24, 2.45) is 0 Å². The lowest BCUT2D eigenvalue weighted by Gasteiger charge is -2.30. The molecule has 2 aromatic rings. The van der Waals surface area contributed by atoms with Gasteiger partial charge in [0.05, 0.1) is 31.4 Å². The van der Waals surface area contributed by atoms with Crippen molar-refractivity contribution in [3.8, 4) is 5.75 Å². The highest BCUT2D eigenvalue weighted by Gasteiger charge is 2.43. The van der Waals surface area contributed by atoms with Crippen LogP contribution in [-0.2, 0) is 19.1 Å². The number of nitrogens with one attached hydrogen (secondary N) is 1. The number of carbonyl (C=O) groups excluding carboxylic acids is 3. The molecule has 0 bridgehead atoms. The van der Waals surface area contributed by atoms with Gasteiger partial charge in [-0.1, -0.05) is 42.5 Å². The Morgan fingerprint density at radius 2 is 1.65 bits per heavy atom. The zero-order valence-corrected chi connectivity index (χ0v) is 17.4. The van der Waals surface area contributed by atoms with E-state index in [-0.39, 0.29) is 12.4 Å². The van der Waals surface area contributed by atoms with Gasteiger partial charge in [0.15, 0.2) is 12.4 Å². The largest absolute Gasteiger partial charge is 0.482 e. The summed E-state index contributed by atoms with van der Waals surface area (Å²) in [6.07, 6.45) is 0. The third-order valence-electron chi connectivity index (χ3n) is 5.46. The van der Waals surface area contributed by atoms with Crippen molar-refractivity contribution in [3.05, 3.63) is 82.1 Å². The van der Waals surface area contributed by atoms with Crippen molar-refractivity contribution < 1.29 is 28.6 Å². The molecule has 1 aliphatic heterocycles. The van der Waals surface area contributed by atoms with E-state index in [0.29, 0.717) is 39.4 Å². The zero-order chi connectivity index (χ0) is 22.1. The second-order valence-corrected chi connectivity index (χ2v) is 7.15. The molecule has 0 saturated heterocycles. The molecule has 4 rings (SSSR count). The van der Waals surface area contributed by atoms with Crippen LogP contribution in [0.25, 0.3) is 5.70 Å². The van der Waals surface area contributed by atoms with Crippen LogP contribution < -0.4 is 10.1 Å². The molecule has 1 heterocycles. The molecule has 1 aliphatic carbocycles. The van der Waals surface area contributed by atoms with E-state index in [1.807, 2.05) is 12.1 Å². The standard InChI is InChI=1S/C24H21NO6/c1-13-19(24(28)30-3)20(16-10-6-7-11-17(16)31-12-18(26)29-2)21-22(25-13)14-8-4-5-9-15(14)23(21)27/h4-11,20,25H,12H2,1-3H3/t20-/m1/s1. The summed E-state index contributed by atoms with van der Waals surface area (Å²) in [5.74, 6) is -1.60. The van der Waals surface area contributed by atoms with Gasteiger partial charge in [-0.2, -0.15) is 0 Å². The zero-order valence-electron chi connectivity index (χ0n) is 17.4. The number of ketones is 1. The first-order valence-corrected chi connectivity index (χ1v) is 9.70. The molecule has 158 valence electrons. The highest BCUT2D eigenvalue weighted by atomic mass is 16.6. The molecule has 31 heavy (non-hydrogen) atoms. The van der Waals surface area contributed by atoms with Crippen molar-refractivity contribution in [3.63, 3.8) is 0 Å². The van der Waals surface area contributed by atoms with Crippen LogP contribution in [0.2, 0.25) is 0 Å². The number of ether oxygens (including phenoxy) is 3. The fourth-order valence-electron chi connectivity index (χ4n) is 4.07. The van der Waals surface area contributed by atoms with Gasteiger partial charge in [0, 0.05) is 28.0 Å². The minimum Gasteiger partial charge on any atom is -0.482 e. The van der Waals surface area contributed by atoms with Crippen LogP contribution in [0.15, 0.2) is 65.4 Å². The summed E-state index contributed by atoms with van der Waals surface area (Å²) in [6.45, 7) is 1.47. The molecule has 2 aliphatic rings. The molecule has 2 aromatic carbocycles. The number of carbonyl (C=O) groups is 3. The van der Waals surface area contributed by atoms with Crippen molar-refractivity contribution in [1.29, 1.82) is 0 Å². The van der Waals surface area contributed by atoms with E-state index < -0.39 is 17.9 Å². The molecule has 0 spiro atoms. The summed E-state index contributed by atoms with van der Waals surface area (Å²) in [6, 6.07) is 14.3. The van der Waals surface area contributed by atoms with Gasteiger partial charge in [0.25, 0.3) is 0 Å². The first-order valence-electron chi connectivity index (χ1n) is 9.70. The molecule has 7 heteroatoms. The minimum absolute atomic E-state index is 0.167. The normalized spacial score (nSPS) is 17.0. The van der Waals surface area contributed by atoms with Gasteiger partial charge in [-0.05, 0) is 13.0 Å². The van der Waals surface area contributed by atoms with Crippen LogP contribution in [0.1, 0.15) is 34.3 Å². The van der Waals surface area contributed by atoms with E-state index in [2.05, 4.69) is 10.1 Å². The lowest BCUT2D eigenvalue weighted by Crippen LogP contribution is -2.29. The molecule has 0 amide bonds. The lowest BCUT2D eigenvalue weighted by atomic mass is 9.79. The van der Waals surface area contributed by atoms with E-state index in [9.17, 15) is 14.4 Å². The van der Waals surface area contributed by atoms with E-state index in [4.69, 9.17) is 9.47 Å². The monoisotopic (exact) mass is 419 g/mol.